The lowest BCUT2D eigenvalue weighted by atomic mass is 10.2. The van der Waals surface area contributed by atoms with Gasteiger partial charge in [-0.15, -0.1) is 0 Å². The quantitative estimate of drug-likeness (QED) is 0.700. The Morgan fingerprint density at radius 3 is 2.52 bits per heavy atom. The number of aromatic nitrogens is 2. The molecule has 0 aliphatic rings. The zero-order chi connectivity index (χ0) is 19.6. The molecule has 0 atom stereocenters. The van der Waals surface area contributed by atoms with Gasteiger partial charge in [0.05, 0.1) is 35.6 Å². The van der Waals surface area contributed by atoms with E-state index in [0.717, 1.165) is 23.4 Å². The third kappa shape index (κ3) is 4.11. The lowest BCUT2D eigenvalue weighted by Gasteiger charge is -2.10. The predicted molar refractivity (Wildman–Crippen MR) is 101 cm³/mol. The van der Waals surface area contributed by atoms with E-state index in [2.05, 4.69) is 9.82 Å². The summed E-state index contributed by atoms with van der Waals surface area (Å²) in [7, 11) is -2.23. The molecule has 1 N–H and O–H groups in total. The fourth-order valence-electron chi connectivity index (χ4n) is 2.75. The number of sulfonamides is 1. The SMILES string of the molecule is COc1cccc(Cn2nc(C)c(NS(=O)(=O)c3ccc(F)cc3)c2C)c1. The first-order valence-electron chi connectivity index (χ1n) is 8.25. The fraction of sp³-hybridized carbons (Fsp3) is 0.211. The number of nitrogens with one attached hydrogen (secondary N) is 1. The van der Waals surface area contributed by atoms with Crippen molar-refractivity contribution in [1.29, 1.82) is 0 Å². The minimum Gasteiger partial charge on any atom is -0.497 e. The van der Waals surface area contributed by atoms with Crippen LogP contribution in [0.4, 0.5) is 10.1 Å². The van der Waals surface area contributed by atoms with Crippen molar-refractivity contribution in [1.82, 2.24) is 9.78 Å². The maximum atomic E-state index is 13.1. The molecular weight excluding hydrogens is 369 g/mol. The summed E-state index contributed by atoms with van der Waals surface area (Å²) in [6.45, 7) is 4.00. The van der Waals surface area contributed by atoms with Gasteiger partial charge in [-0.25, -0.2) is 12.8 Å². The molecule has 0 bridgehead atoms. The number of aryl methyl sites for hydroxylation is 1. The Kier molecular flexibility index (Phi) is 5.18. The van der Waals surface area contributed by atoms with Gasteiger partial charge in [0, 0.05) is 0 Å². The van der Waals surface area contributed by atoms with E-state index in [0.29, 0.717) is 23.6 Å². The molecular formula is C19H20FN3O3S. The molecule has 0 aliphatic carbocycles. The highest BCUT2D eigenvalue weighted by molar-refractivity contribution is 7.92. The molecule has 142 valence electrons. The molecule has 0 saturated heterocycles. The zero-order valence-corrected chi connectivity index (χ0v) is 16.0. The van der Waals surface area contributed by atoms with E-state index < -0.39 is 15.8 Å². The Balaban J connectivity index is 1.88. The van der Waals surface area contributed by atoms with Gasteiger partial charge in [0.25, 0.3) is 10.0 Å². The lowest BCUT2D eigenvalue weighted by molar-refractivity contribution is 0.414. The molecule has 0 fully saturated rings. The van der Waals surface area contributed by atoms with E-state index in [1.807, 2.05) is 24.3 Å². The molecule has 3 aromatic rings. The van der Waals surface area contributed by atoms with Crippen molar-refractivity contribution in [3.8, 4) is 5.75 Å². The molecule has 0 aliphatic heterocycles. The minimum atomic E-state index is -3.84. The number of halogens is 1. The number of ether oxygens (including phenoxy) is 1. The van der Waals surface area contributed by atoms with Crippen LogP contribution in [0.15, 0.2) is 53.4 Å². The monoisotopic (exact) mass is 389 g/mol. The molecule has 1 aromatic heterocycles. The Morgan fingerprint density at radius 2 is 1.85 bits per heavy atom. The Morgan fingerprint density at radius 1 is 1.15 bits per heavy atom. The second-order valence-corrected chi connectivity index (χ2v) is 7.80. The van der Waals surface area contributed by atoms with Crippen LogP contribution in [-0.4, -0.2) is 25.3 Å². The highest BCUT2D eigenvalue weighted by Crippen LogP contribution is 2.24. The number of hydrogen-bond donors (Lipinski definition) is 1. The topological polar surface area (TPSA) is 73.2 Å². The van der Waals surface area contributed by atoms with Crippen molar-refractivity contribution < 1.29 is 17.5 Å². The van der Waals surface area contributed by atoms with E-state index >= 15 is 0 Å². The Bertz CT molecular complexity index is 1060. The highest BCUT2D eigenvalue weighted by Gasteiger charge is 2.20. The summed E-state index contributed by atoms with van der Waals surface area (Å²) < 4.78 is 47.7. The smallest absolute Gasteiger partial charge is 0.262 e. The van der Waals surface area contributed by atoms with Crippen LogP contribution in [0.3, 0.4) is 0 Å². The Hall–Kier alpha value is -2.87. The number of hydrogen-bond acceptors (Lipinski definition) is 4. The van der Waals surface area contributed by atoms with E-state index in [4.69, 9.17) is 4.74 Å². The fourth-order valence-corrected chi connectivity index (χ4v) is 3.93. The van der Waals surface area contributed by atoms with Crippen molar-refractivity contribution in [2.45, 2.75) is 25.3 Å². The standard InChI is InChI=1S/C19H20FN3O3S/c1-13-19(22-27(24,25)18-9-7-16(20)8-10-18)14(2)23(21-13)12-15-5-4-6-17(11-15)26-3/h4-11,22H,12H2,1-3H3. The van der Waals surface area contributed by atoms with Crippen LogP contribution in [0.5, 0.6) is 5.75 Å². The average molecular weight is 389 g/mol. The maximum absolute atomic E-state index is 13.1. The average Bonchev–Trinajstić information content (AvgIpc) is 2.89. The normalized spacial score (nSPS) is 11.4. The van der Waals surface area contributed by atoms with Gasteiger partial charge in [0.1, 0.15) is 11.6 Å². The molecule has 2 aromatic carbocycles. The van der Waals surface area contributed by atoms with E-state index in [-0.39, 0.29) is 4.90 Å². The van der Waals surface area contributed by atoms with Gasteiger partial charge in [0.15, 0.2) is 0 Å². The third-order valence-corrected chi connectivity index (χ3v) is 5.57. The second kappa shape index (κ2) is 7.40. The van der Waals surface area contributed by atoms with Crippen LogP contribution >= 0.6 is 0 Å². The van der Waals surface area contributed by atoms with Gasteiger partial charge in [-0.3, -0.25) is 9.40 Å². The number of rotatable bonds is 6. The van der Waals surface area contributed by atoms with Crippen molar-refractivity contribution >= 4 is 15.7 Å². The van der Waals surface area contributed by atoms with Gasteiger partial charge in [0.2, 0.25) is 0 Å². The predicted octanol–water partition coefficient (Wildman–Crippen LogP) is 3.50. The molecule has 27 heavy (non-hydrogen) atoms. The van der Waals surface area contributed by atoms with Crippen molar-refractivity contribution in [3.63, 3.8) is 0 Å². The van der Waals surface area contributed by atoms with E-state index in [1.165, 1.54) is 12.1 Å². The van der Waals surface area contributed by atoms with Crippen molar-refractivity contribution in [2.75, 3.05) is 11.8 Å². The summed E-state index contributed by atoms with van der Waals surface area (Å²) in [6.07, 6.45) is 0. The molecule has 0 unspecified atom stereocenters. The largest absolute Gasteiger partial charge is 0.497 e. The van der Waals surface area contributed by atoms with Gasteiger partial charge in [-0.2, -0.15) is 5.10 Å². The van der Waals surface area contributed by atoms with Crippen LogP contribution in [0.2, 0.25) is 0 Å². The van der Waals surface area contributed by atoms with Gasteiger partial charge in [-0.1, -0.05) is 12.1 Å². The summed E-state index contributed by atoms with van der Waals surface area (Å²) in [5.41, 5.74) is 2.64. The van der Waals surface area contributed by atoms with Crippen LogP contribution in [-0.2, 0) is 16.6 Å². The van der Waals surface area contributed by atoms with Crippen LogP contribution in [0, 0.1) is 19.7 Å². The number of benzene rings is 2. The van der Waals surface area contributed by atoms with Gasteiger partial charge >= 0.3 is 0 Å². The molecule has 8 heteroatoms. The van der Waals surface area contributed by atoms with Crippen molar-refractivity contribution in [3.05, 3.63) is 71.3 Å². The highest BCUT2D eigenvalue weighted by atomic mass is 32.2. The van der Waals surface area contributed by atoms with Crippen LogP contribution in [0.25, 0.3) is 0 Å². The van der Waals surface area contributed by atoms with Crippen LogP contribution in [0.1, 0.15) is 17.0 Å². The van der Waals surface area contributed by atoms with Crippen LogP contribution < -0.4 is 9.46 Å². The van der Waals surface area contributed by atoms with Gasteiger partial charge < -0.3 is 4.74 Å². The van der Waals surface area contributed by atoms with Gasteiger partial charge in [-0.05, 0) is 55.8 Å². The molecule has 0 amide bonds. The summed E-state index contributed by atoms with van der Waals surface area (Å²) >= 11 is 0. The van der Waals surface area contributed by atoms with E-state index in [1.54, 1.807) is 25.6 Å². The third-order valence-electron chi connectivity index (χ3n) is 4.21. The summed E-state index contributed by atoms with van der Waals surface area (Å²) in [5.74, 6) is 0.249. The zero-order valence-electron chi connectivity index (χ0n) is 15.2. The molecule has 0 radical (unpaired) electrons. The molecule has 0 spiro atoms. The molecule has 1 heterocycles. The summed E-state index contributed by atoms with van der Waals surface area (Å²) in [5, 5.41) is 4.44. The lowest BCUT2D eigenvalue weighted by Crippen LogP contribution is -2.14. The van der Waals surface area contributed by atoms with Crippen molar-refractivity contribution in [2.24, 2.45) is 0 Å². The first kappa shape index (κ1) is 18.9. The van der Waals surface area contributed by atoms with E-state index in [9.17, 15) is 12.8 Å². The summed E-state index contributed by atoms with van der Waals surface area (Å²) in [6, 6.07) is 12.3. The number of anilines is 1. The second-order valence-electron chi connectivity index (χ2n) is 6.11. The first-order valence-corrected chi connectivity index (χ1v) is 9.74. The first-order chi connectivity index (χ1) is 12.8. The minimum absolute atomic E-state index is 0.0109. The molecule has 3 rings (SSSR count). The maximum Gasteiger partial charge on any atom is 0.262 e. The Labute approximate surface area is 157 Å². The number of nitrogens with zero attached hydrogens (tertiary/aromatic N) is 2. The number of methoxy groups -OCH3 is 1. The molecule has 0 saturated carbocycles. The summed E-state index contributed by atoms with van der Waals surface area (Å²) in [4.78, 5) is -0.0109. The molecule has 6 nitrogen and oxygen atoms in total.